The Bertz CT molecular complexity index is 421. The van der Waals surface area contributed by atoms with Crippen LogP contribution in [0.5, 0.6) is 0 Å². The number of hydrogen-bond acceptors (Lipinski definition) is 3. The molecule has 0 N–H and O–H groups in total. The van der Waals surface area contributed by atoms with Gasteiger partial charge in [-0.1, -0.05) is 41.9 Å². The summed E-state index contributed by atoms with van der Waals surface area (Å²) < 4.78 is 5.51. The highest BCUT2D eigenvalue weighted by Crippen LogP contribution is 2.27. The fourth-order valence-corrected chi connectivity index (χ4v) is 1.77. The summed E-state index contributed by atoms with van der Waals surface area (Å²) in [5.74, 6) is -0.434. The molecular formula is C13H15BrO3. The minimum absolute atomic E-state index is 0.0598. The van der Waals surface area contributed by atoms with Crippen molar-refractivity contribution in [3.05, 3.63) is 34.3 Å². The molecule has 0 saturated carbocycles. The molecule has 92 valence electrons. The van der Waals surface area contributed by atoms with Crippen LogP contribution in [0.2, 0.25) is 0 Å². The van der Waals surface area contributed by atoms with E-state index in [9.17, 15) is 9.59 Å². The third-order valence-corrected chi connectivity index (χ3v) is 3.06. The first-order chi connectivity index (χ1) is 7.86. The number of carbonyl (C=O) groups excluding carboxylic acids is 2. The Morgan fingerprint density at radius 3 is 2.24 bits per heavy atom. The summed E-state index contributed by atoms with van der Waals surface area (Å²) in [6.45, 7) is 3.49. The number of benzene rings is 1. The largest absolute Gasteiger partial charge is 0.469 e. The molecular weight excluding hydrogens is 284 g/mol. The van der Waals surface area contributed by atoms with Crippen molar-refractivity contribution in [2.75, 3.05) is 7.11 Å². The zero-order chi connectivity index (χ0) is 13.1. The third kappa shape index (κ3) is 3.66. The monoisotopic (exact) mass is 298 g/mol. The molecule has 17 heavy (non-hydrogen) atoms. The smallest absolute Gasteiger partial charge is 0.306 e. The second kappa shape index (κ2) is 5.45. The maximum absolute atomic E-state index is 12.2. The first-order valence-electron chi connectivity index (χ1n) is 5.24. The maximum Gasteiger partial charge on any atom is 0.306 e. The lowest BCUT2D eigenvalue weighted by Gasteiger charge is -2.21. The van der Waals surface area contributed by atoms with E-state index in [-0.39, 0.29) is 18.2 Å². The zero-order valence-electron chi connectivity index (χ0n) is 10.1. The van der Waals surface area contributed by atoms with Crippen molar-refractivity contribution in [3.63, 3.8) is 0 Å². The molecule has 0 aromatic heterocycles. The Morgan fingerprint density at radius 2 is 1.76 bits per heavy atom. The highest BCUT2D eigenvalue weighted by Gasteiger charge is 2.31. The average Bonchev–Trinajstić information content (AvgIpc) is 2.28. The van der Waals surface area contributed by atoms with Crippen LogP contribution in [0.25, 0.3) is 0 Å². The Balaban J connectivity index is 2.88. The second-order valence-electron chi connectivity index (χ2n) is 4.47. The van der Waals surface area contributed by atoms with Crippen LogP contribution in [0.15, 0.2) is 28.7 Å². The van der Waals surface area contributed by atoms with Crippen LogP contribution in [-0.2, 0) is 9.53 Å². The highest BCUT2D eigenvalue weighted by atomic mass is 79.9. The van der Waals surface area contributed by atoms with E-state index in [0.717, 1.165) is 4.47 Å². The van der Waals surface area contributed by atoms with Gasteiger partial charge < -0.3 is 4.74 Å². The standard InChI is InChI=1S/C13H15BrO3/c1-13(2,8-11(15)17-3)12(16)9-4-6-10(14)7-5-9/h4-7H,8H2,1-3H3. The van der Waals surface area contributed by atoms with Crippen molar-refractivity contribution in [1.82, 2.24) is 0 Å². The van der Waals surface area contributed by atoms with Gasteiger partial charge in [0, 0.05) is 15.5 Å². The molecule has 0 aliphatic heterocycles. The quantitative estimate of drug-likeness (QED) is 0.633. The van der Waals surface area contributed by atoms with Gasteiger partial charge in [-0.15, -0.1) is 0 Å². The van der Waals surface area contributed by atoms with E-state index in [0.29, 0.717) is 5.56 Å². The van der Waals surface area contributed by atoms with Gasteiger partial charge in [-0.2, -0.15) is 0 Å². The van der Waals surface area contributed by atoms with Crippen LogP contribution in [0.4, 0.5) is 0 Å². The Morgan fingerprint density at radius 1 is 1.24 bits per heavy atom. The van der Waals surface area contributed by atoms with Gasteiger partial charge in [0.15, 0.2) is 5.78 Å². The Hall–Kier alpha value is -1.16. The predicted molar refractivity (Wildman–Crippen MR) is 68.9 cm³/mol. The Labute approximate surface area is 109 Å². The van der Waals surface area contributed by atoms with Gasteiger partial charge in [0.2, 0.25) is 0 Å². The molecule has 3 nitrogen and oxygen atoms in total. The molecule has 0 saturated heterocycles. The van der Waals surface area contributed by atoms with Gasteiger partial charge >= 0.3 is 5.97 Å². The summed E-state index contributed by atoms with van der Waals surface area (Å²) in [4.78, 5) is 23.4. The summed E-state index contributed by atoms with van der Waals surface area (Å²) in [7, 11) is 1.32. The molecule has 0 fully saturated rings. The minimum atomic E-state index is -0.749. The number of ketones is 1. The van der Waals surface area contributed by atoms with Crippen LogP contribution in [0.3, 0.4) is 0 Å². The van der Waals surface area contributed by atoms with Crippen molar-refractivity contribution in [2.24, 2.45) is 5.41 Å². The number of rotatable bonds is 4. The van der Waals surface area contributed by atoms with Gasteiger partial charge in [0.1, 0.15) is 0 Å². The molecule has 0 amide bonds. The van der Waals surface area contributed by atoms with Gasteiger partial charge in [-0.05, 0) is 12.1 Å². The molecule has 0 radical (unpaired) electrons. The van der Waals surface area contributed by atoms with Crippen LogP contribution in [0.1, 0.15) is 30.6 Å². The predicted octanol–water partition coefficient (Wildman–Crippen LogP) is 3.22. The first-order valence-corrected chi connectivity index (χ1v) is 6.03. The molecule has 1 rings (SSSR count). The molecule has 0 heterocycles. The summed E-state index contributed by atoms with van der Waals surface area (Å²) in [5, 5.41) is 0. The van der Waals surface area contributed by atoms with Crippen molar-refractivity contribution < 1.29 is 14.3 Å². The fourth-order valence-electron chi connectivity index (χ4n) is 1.51. The van der Waals surface area contributed by atoms with Crippen LogP contribution in [-0.4, -0.2) is 18.9 Å². The van der Waals surface area contributed by atoms with Crippen molar-refractivity contribution in [2.45, 2.75) is 20.3 Å². The number of halogens is 1. The summed E-state index contributed by atoms with van der Waals surface area (Å²) >= 11 is 3.31. The highest BCUT2D eigenvalue weighted by molar-refractivity contribution is 9.10. The van der Waals surface area contributed by atoms with E-state index >= 15 is 0 Å². The van der Waals surface area contributed by atoms with Crippen LogP contribution < -0.4 is 0 Å². The molecule has 1 aromatic carbocycles. The summed E-state index contributed by atoms with van der Waals surface area (Å²) in [6, 6.07) is 7.10. The lowest BCUT2D eigenvalue weighted by molar-refractivity contribution is -0.142. The van der Waals surface area contributed by atoms with Gasteiger partial charge in [-0.25, -0.2) is 0 Å². The molecule has 0 unspecified atom stereocenters. The topological polar surface area (TPSA) is 43.4 Å². The number of hydrogen-bond donors (Lipinski definition) is 0. The molecule has 0 aliphatic rings. The lowest BCUT2D eigenvalue weighted by Crippen LogP contribution is -2.28. The third-order valence-electron chi connectivity index (χ3n) is 2.54. The van der Waals surface area contributed by atoms with Gasteiger partial charge in [0.25, 0.3) is 0 Å². The SMILES string of the molecule is COC(=O)CC(C)(C)C(=O)c1ccc(Br)cc1. The van der Waals surface area contributed by atoms with E-state index in [4.69, 9.17) is 0 Å². The van der Waals surface area contributed by atoms with Crippen molar-refractivity contribution >= 4 is 27.7 Å². The molecule has 4 heteroatoms. The Kier molecular flexibility index (Phi) is 4.46. The molecule has 0 spiro atoms. The summed E-state index contributed by atoms with van der Waals surface area (Å²) in [5.41, 5.74) is -0.150. The normalized spacial score (nSPS) is 11.1. The molecule has 1 aromatic rings. The maximum atomic E-state index is 12.2. The average molecular weight is 299 g/mol. The number of esters is 1. The van der Waals surface area contributed by atoms with Gasteiger partial charge in [0.05, 0.1) is 13.5 Å². The lowest BCUT2D eigenvalue weighted by atomic mass is 9.81. The van der Waals surface area contributed by atoms with Gasteiger partial charge in [-0.3, -0.25) is 9.59 Å². The van der Waals surface area contributed by atoms with E-state index in [1.54, 1.807) is 38.1 Å². The van der Waals surface area contributed by atoms with Crippen LogP contribution >= 0.6 is 15.9 Å². The molecule has 0 aliphatic carbocycles. The van der Waals surface area contributed by atoms with Crippen molar-refractivity contribution in [3.8, 4) is 0 Å². The number of ether oxygens (including phenoxy) is 1. The van der Waals surface area contributed by atoms with E-state index < -0.39 is 5.41 Å². The molecule has 0 atom stereocenters. The number of methoxy groups -OCH3 is 1. The van der Waals surface area contributed by atoms with Crippen molar-refractivity contribution in [1.29, 1.82) is 0 Å². The van der Waals surface area contributed by atoms with E-state index in [1.165, 1.54) is 7.11 Å². The second-order valence-corrected chi connectivity index (χ2v) is 5.39. The molecule has 0 bridgehead atoms. The number of Topliss-reactive ketones (excluding diaryl/α,β-unsaturated/α-hetero) is 1. The zero-order valence-corrected chi connectivity index (χ0v) is 11.7. The first kappa shape index (κ1) is 13.9. The minimum Gasteiger partial charge on any atom is -0.469 e. The van der Waals surface area contributed by atoms with E-state index in [1.807, 2.05) is 0 Å². The van der Waals surface area contributed by atoms with Crippen LogP contribution in [0, 0.1) is 5.41 Å². The number of carbonyl (C=O) groups is 2. The fraction of sp³-hybridized carbons (Fsp3) is 0.385. The van der Waals surface area contributed by atoms with E-state index in [2.05, 4.69) is 20.7 Å². The summed E-state index contributed by atoms with van der Waals surface area (Å²) in [6.07, 6.45) is 0.0817.